The molecule has 3 amide bonds. The summed E-state index contributed by atoms with van der Waals surface area (Å²) in [5.41, 5.74) is 1.72. The molecule has 0 aromatic heterocycles. The summed E-state index contributed by atoms with van der Waals surface area (Å²) in [4.78, 5) is 40.5. The van der Waals surface area contributed by atoms with E-state index < -0.39 is 6.04 Å². The molecule has 1 aliphatic heterocycles. The number of carbonyl (C=O) groups is 3. The van der Waals surface area contributed by atoms with Gasteiger partial charge in [-0.1, -0.05) is 60.6 Å². The molecular weight excluding hydrogens is 414 g/mol. The Hall–Kier alpha value is -2.37. The van der Waals surface area contributed by atoms with Crippen LogP contribution in [0, 0.1) is 17.8 Å². The van der Waals surface area contributed by atoms with E-state index in [-0.39, 0.29) is 41.0 Å². The summed E-state index contributed by atoms with van der Waals surface area (Å²) in [6.07, 6.45) is 1.30. The molecule has 1 aromatic carbocycles. The van der Waals surface area contributed by atoms with Crippen molar-refractivity contribution < 1.29 is 14.4 Å². The maximum atomic E-state index is 13.2. The van der Waals surface area contributed by atoms with Crippen molar-refractivity contribution in [3.05, 3.63) is 35.4 Å². The average Bonchev–Trinajstić information content (AvgIpc) is 2.76. The minimum Gasteiger partial charge on any atom is -0.353 e. The number of hydrogen-bond acceptors (Lipinski definition) is 3. The van der Waals surface area contributed by atoms with Gasteiger partial charge in [0.15, 0.2) is 0 Å². The summed E-state index contributed by atoms with van der Waals surface area (Å²) < 4.78 is 0. The maximum absolute atomic E-state index is 13.2. The summed E-state index contributed by atoms with van der Waals surface area (Å²) in [6, 6.07) is 7.12. The number of rotatable bonds is 7. The molecule has 1 saturated heterocycles. The summed E-state index contributed by atoms with van der Waals surface area (Å²) in [6.45, 7) is 17.6. The Morgan fingerprint density at radius 3 is 1.88 bits per heavy atom. The molecule has 6 heteroatoms. The number of piperidine rings is 1. The van der Waals surface area contributed by atoms with Gasteiger partial charge in [-0.25, -0.2) is 0 Å². The molecule has 0 aliphatic carbocycles. The van der Waals surface area contributed by atoms with Crippen LogP contribution in [0.25, 0.3) is 0 Å². The lowest BCUT2D eigenvalue weighted by Crippen LogP contribution is -2.54. The predicted molar refractivity (Wildman–Crippen MR) is 133 cm³/mol. The number of likely N-dealkylation sites (tertiary alicyclic amines) is 1. The topological polar surface area (TPSA) is 78.5 Å². The zero-order valence-corrected chi connectivity index (χ0v) is 21.7. The third kappa shape index (κ3) is 7.31. The van der Waals surface area contributed by atoms with Crippen molar-refractivity contribution >= 4 is 17.7 Å². The SMILES string of the molecule is CC(C)C(C)NC(=O)C1CCN(C(=O)C(NC(=O)c2ccc(C(C)(C)C)cc2)C(C)C)CC1. The Labute approximate surface area is 199 Å². The van der Waals surface area contributed by atoms with Gasteiger partial charge in [0.25, 0.3) is 5.91 Å². The number of carbonyl (C=O) groups excluding carboxylic acids is 3. The largest absolute Gasteiger partial charge is 0.353 e. The second-order valence-corrected chi connectivity index (χ2v) is 11.2. The molecular formula is C27H43N3O3. The summed E-state index contributed by atoms with van der Waals surface area (Å²) in [5.74, 6) is 0.0526. The van der Waals surface area contributed by atoms with E-state index in [4.69, 9.17) is 0 Å². The van der Waals surface area contributed by atoms with Gasteiger partial charge < -0.3 is 15.5 Å². The van der Waals surface area contributed by atoms with Crippen LogP contribution >= 0.6 is 0 Å². The second kappa shape index (κ2) is 11.2. The van der Waals surface area contributed by atoms with Crippen molar-refractivity contribution in [3.8, 4) is 0 Å². The number of amides is 3. The predicted octanol–water partition coefficient (Wildman–Crippen LogP) is 4.14. The second-order valence-electron chi connectivity index (χ2n) is 11.2. The normalized spacial score (nSPS) is 17.1. The summed E-state index contributed by atoms with van der Waals surface area (Å²) in [5, 5.41) is 6.04. The van der Waals surface area contributed by atoms with E-state index in [1.807, 2.05) is 45.0 Å². The van der Waals surface area contributed by atoms with Crippen LogP contribution in [0.5, 0.6) is 0 Å². The first kappa shape index (κ1) is 26.9. The lowest BCUT2D eigenvalue weighted by Gasteiger charge is -2.35. The molecule has 0 bridgehead atoms. The first-order valence-corrected chi connectivity index (χ1v) is 12.3. The van der Waals surface area contributed by atoms with Crippen molar-refractivity contribution in [1.29, 1.82) is 0 Å². The number of nitrogens with zero attached hydrogens (tertiary/aromatic N) is 1. The number of benzene rings is 1. The van der Waals surface area contributed by atoms with Gasteiger partial charge in [0.1, 0.15) is 6.04 Å². The minimum absolute atomic E-state index is 0.0152. The van der Waals surface area contributed by atoms with E-state index in [0.717, 1.165) is 5.56 Å². The smallest absolute Gasteiger partial charge is 0.251 e. The van der Waals surface area contributed by atoms with Crippen molar-refractivity contribution in [2.24, 2.45) is 17.8 Å². The van der Waals surface area contributed by atoms with Crippen LogP contribution in [0.4, 0.5) is 0 Å². The maximum Gasteiger partial charge on any atom is 0.251 e. The quantitative estimate of drug-likeness (QED) is 0.646. The van der Waals surface area contributed by atoms with Crippen LogP contribution in [0.1, 0.15) is 84.2 Å². The monoisotopic (exact) mass is 457 g/mol. The van der Waals surface area contributed by atoms with Gasteiger partial charge in [0.2, 0.25) is 11.8 Å². The molecule has 2 rings (SSSR count). The van der Waals surface area contributed by atoms with Crippen molar-refractivity contribution in [2.75, 3.05) is 13.1 Å². The Bertz CT molecular complexity index is 816. The third-order valence-electron chi connectivity index (χ3n) is 6.78. The molecule has 6 nitrogen and oxygen atoms in total. The highest BCUT2D eigenvalue weighted by Crippen LogP contribution is 2.23. The van der Waals surface area contributed by atoms with E-state index in [0.29, 0.717) is 37.4 Å². The molecule has 0 spiro atoms. The lowest BCUT2D eigenvalue weighted by atomic mass is 9.86. The number of nitrogens with one attached hydrogen (secondary N) is 2. The fraction of sp³-hybridized carbons (Fsp3) is 0.667. The van der Waals surface area contributed by atoms with Crippen molar-refractivity contribution in [2.45, 2.75) is 85.7 Å². The summed E-state index contributed by atoms with van der Waals surface area (Å²) >= 11 is 0. The van der Waals surface area contributed by atoms with Crippen LogP contribution in [0.2, 0.25) is 0 Å². The van der Waals surface area contributed by atoms with Crippen molar-refractivity contribution in [1.82, 2.24) is 15.5 Å². The fourth-order valence-electron chi connectivity index (χ4n) is 3.93. The molecule has 2 atom stereocenters. The average molecular weight is 458 g/mol. The van der Waals surface area contributed by atoms with Crippen molar-refractivity contribution in [3.63, 3.8) is 0 Å². The molecule has 1 aliphatic rings. The summed E-state index contributed by atoms with van der Waals surface area (Å²) in [7, 11) is 0. The molecule has 1 fully saturated rings. The van der Waals surface area contributed by atoms with E-state index in [1.54, 1.807) is 4.90 Å². The van der Waals surface area contributed by atoms with Gasteiger partial charge in [-0.05, 0) is 54.7 Å². The Morgan fingerprint density at radius 1 is 0.879 bits per heavy atom. The Balaban J connectivity index is 1.97. The zero-order chi connectivity index (χ0) is 24.9. The van der Waals surface area contributed by atoms with Gasteiger partial charge in [0, 0.05) is 30.6 Å². The molecule has 0 saturated carbocycles. The zero-order valence-electron chi connectivity index (χ0n) is 21.7. The highest BCUT2D eigenvalue weighted by Gasteiger charge is 2.33. The number of hydrogen-bond donors (Lipinski definition) is 2. The van der Waals surface area contributed by atoms with Crippen LogP contribution in [-0.2, 0) is 15.0 Å². The molecule has 2 unspecified atom stereocenters. The van der Waals surface area contributed by atoms with Gasteiger partial charge >= 0.3 is 0 Å². The molecule has 184 valence electrons. The third-order valence-corrected chi connectivity index (χ3v) is 6.78. The Kier molecular flexibility index (Phi) is 9.10. The highest BCUT2D eigenvalue weighted by molar-refractivity contribution is 5.97. The van der Waals surface area contributed by atoms with Crippen LogP contribution in [0.3, 0.4) is 0 Å². The van der Waals surface area contributed by atoms with Gasteiger partial charge in [0.05, 0.1) is 0 Å². The fourth-order valence-corrected chi connectivity index (χ4v) is 3.93. The van der Waals surface area contributed by atoms with Crippen LogP contribution in [0.15, 0.2) is 24.3 Å². The van der Waals surface area contributed by atoms with E-state index >= 15 is 0 Å². The van der Waals surface area contributed by atoms with Crippen LogP contribution in [-0.4, -0.2) is 47.8 Å². The van der Waals surface area contributed by atoms with Gasteiger partial charge in [-0.3, -0.25) is 14.4 Å². The highest BCUT2D eigenvalue weighted by atomic mass is 16.2. The molecule has 1 heterocycles. The molecule has 33 heavy (non-hydrogen) atoms. The molecule has 2 N–H and O–H groups in total. The molecule has 1 aromatic rings. The van der Waals surface area contributed by atoms with Crippen LogP contribution < -0.4 is 10.6 Å². The minimum atomic E-state index is -0.592. The molecule has 0 radical (unpaired) electrons. The Morgan fingerprint density at radius 2 is 1.42 bits per heavy atom. The van der Waals surface area contributed by atoms with Gasteiger partial charge in [-0.2, -0.15) is 0 Å². The van der Waals surface area contributed by atoms with Gasteiger partial charge in [-0.15, -0.1) is 0 Å². The van der Waals surface area contributed by atoms with E-state index in [1.165, 1.54) is 0 Å². The lowest BCUT2D eigenvalue weighted by molar-refractivity contribution is -0.138. The van der Waals surface area contributed by atoms with E-state index in [9.17, 15) is 14.4 Å². The van der Waals surface area contributed by atoms with E-state index in [2.05, 4.69) is 45.3 Å². The standard InChI is InChI=1S/C27H43N3O3/c1-17(2)19(5)28-24(31)21-13-15-30(16-14-21)26(33)23(18(3)4)29-25(32)20-9-11-22(12-10-20)27(6,7)8/h9-12,17-19,21,23H,13-16H2,1-8H3,(H,28,31)(H,29,32). The first-order chi connectivity index (χ1) is 15.3. The first-order valence-electron chi connectivity index (χ1n) is 12.3.